The van der Waals surface area contributed by atoms with Gasteiger partial charge in [-0.3, -0.25) is 19.9 Å². The first-order chi connectivity index (χ1) is 24.1. The smallest absolute Gasteiger partial charge is 0.337 e. The van der Waals surface area contributed by atoms with E-state index in [4.69, 9.17) is 9.97 Å². The number of carbonyl (C=O) groups is 4. The van der Waals surface area contributed by atoms with Gasteiger partial charge >= 0.3 is 23.9 Å². The summed E-state index contributed by atoms with van der Waals surface area (Å²) in [5.74, 6) is -4.82. The zero-order valence-electron chi connectivity index (χ0n) is 25.7. The molecule has 14 nitrogen and oxygen atoms in total. The van der Waals surface area contributed by atoms with E-state index in [9.17, 15) is 39.6 Å². The Hall–Kier alpha value is -7.48. The Labute approximate surface area is 282 Å². The zero-order valence-corrected chi connectivity index (χ0v) is 25.7. The van der Waals surface area contributed by atoms with E-state index < -0.39 is 23.9 Å². The van der Waals surface area contributed by atoms with Crippen LogP contribution < -0.4 is 0 Å². The highest BCUT2D eigenvalue weighted by molar-refractivity contribution is 5.95. The van der Waals surface area contributed by atoms with Crippen molar-refractivity contribution in [3.05, 3.63) is 141 Å². The topological polar surface area (TPSA) is 227 Å². The van der Waals surface area contributed by atoms with Gasteiger partial charge in [-0.15, -0.1) is 0 Å². The van der Waals surface area contributed by atoms with Gasteiger partial charge in [0.1, 0.15) is 0 Å². The van der Waals surface area contributed by atoms with Crippen LogP contribution in [-0.4, -0.2) is 74.2 Å². The third-order valence-corrected chi connectivity index (χ3v) is 6.88. The van der Waals surface area contributed by atoms with Gasteiger partial charge in [-0.05, 0) is 97.1 Å². The van der Waals surface area contributed by atoms with Gasteiger partial charge in [-0.25, -0.2) is 29.1 Å². The summed E-state index contributed by atoms with van der Waals surface area (Å²) < 4.78 is 0. The largest absolute Gasteiger partial charge is 0.478 e. The predicted octanol–water partition coefficient (Wildman–Crippen LogP) is 5.53. The van der Waals surface area contributed by atoms with E-state index in [1.165, 1.54) is 122 Å². The lowest BCUT2D eigenvalue weighted by atomic mass is 10.1. The summed E-state index contributed by atoms with van der Waals surface area (Å²) in [4.78, 5) is 73.3. The van der Waals surface area contributed by atoms with Gasteiger partial charge < -0.3 is 20.4 Å². The molecule has 0 saturated heterocycles. The molecular formula is C36H24N6O8. The summed E-state index contributed by atoms with van der Waals surface area (Å²) in [7, 11) is 0. The summed E-state index contributed by atoms with van der Waals surface area (Å²) in [5, 5.41) is 38.6. The van der Waals surface area contributed by atoms with Crippen molar-refractivity contribution in [2.24, 2.45) is 0 Å². The molecule has 4 N–H and O–H groups in total. The molecule has 0 amide bonds. The highest BCUT2D eigenvalue weighted by atomic mass is 16.4. The van der Waals surface area contributed by atoms with Crippen molar-refractivity contribution in [3.63, 3.8) is 0 Å². The van der Waals surface area contributed by atoms with Crippen LogP contribution in [0.25, 0.3) is 48.6 Å². The lowest BCUT2D eigenvalue weighted by Gasteiger charge is -2.08. The second-order valence-corrected chi connectivity index (χ2v) is 10.1. The standard InChI is InChI=1S/C36H24N6O8/c43-33(44)21-5-1-17-37-25(21)9-13-29-30(14-10-26-22(34(45)46)6-2-18-38-26)42-32(16-12-28-24(36(49)50)8-4-20-40-28)31(41-29)15-11-27-23(35(47)48)7-3-19-39-27/h1-20H,(H,43,44)(H,45,46)(H,47,48)(H,49,50). The lowest BCUT2D eigenvalue weighted by Crippen LogP contribution is -2.03. The van der Waals surface area contributed by atoms with Crippen LogP contribution in [0.3, 0.4) is 0 Å². The maximum absolute atomic E-state index is 11.8. The van der Waals surface area contributed by atoms with Crippen molar-refractivity contribution >= 4 is 72.5 Å². The van der Waals surface area contributed by atoms with Crippen LogP contribution in [0.15, 0.2) is 73.3 Å². The Bertz CT molecular complexity index is 1950. The van der Waals surface area contributed by atoms with E-state index in [1.54, 1.807) is 0 Å². The number of rotatable bonds is 12. The number of carboxylic acids is 4. The fourth-order valence-corrected chi connectivity index (χ4v) is 4.54. The van der Waals surface area contributed by atoms with Crippen LogP contribution in [0.4, 0.5) is 0 Å². The van der Waals surface area contributed by atoms with E-state index in [1.807, 2.05) is 0 Å². The first kappa shape index (κ1) is 33.9. The molecule has 0 atom stereocenters. The summed E-state index contributed by atoms with van der Waals surface area (Å²) >= 11 is 0. The summed E-state index contributed by atoms with van der Waals surface area (Å²) in [6.45, 7) is 0. The van der Waals surface area contributed by atoms with Gasteiger partial charge in [0, 0.05) is 24.8 Å². The molecule has 0 saturated carbocycles. The first-order valence-corrected chi connectivity index (χ1v) is 14.5. The van der Waals surface area contributed by atoms with Crippen molar-refractivity contribution < 1.29 is 39.6 Å². The number of pyridine rings is 4. The lowest BCUT2D eigenvalue weighted by molar-refractivity contribution is 0.0685. The Balaban J connectivity index is 1.73. The molecule has 5 aromatic heterocycles. The number of aromatic nitrogens is 6. The van der Waals surface area contributed by atoms with Crippen molar-refractivity contribution in [2.75, 3.05) is 0 Å². The molecule has 5 heterocycles. The normalized spacial score (nSPS) is 11.5. The predicted molar refractivity (Wildman–Crippen MR) is 183 cm³/mol. The molecule has 14 heteroatoms. The Morgan fingerprint density at radius 2 is 0.560 bits per heavy atom. The van der Waals surface area contributed by atoms with E-state index in [-0.39, 0.29) is 67.8 Å². The van der Waals surface area contributed by atoms with E-state index in [0.29, 0.717) is 0 Å². The third-order valence-electron chi connectivity index (χ3n) is 6.88. The number of nitrogens with zero attached hydrogens (tertiary/aromatic N) is 6. The van der Waals surface area contributed by atoms with Crippen molar-refractivity contribution in [3.8, 4) is 0 Å². The maximum Gasteiger partial charge on any atom is 0.337 e. The van der Waals surface area contributed by atoms with Crippen molar-refractivity contribution in [1.82, 2.24) is 29.9 Å². The molecule has 0 radical (unpaired) electrons. The molecule has 0 aliphatic carbocycles. The number of aromatic carboxylic acids is 4. The first-order valence-electron chi connectivity index (χ1n) is 14.5. The molecule has 0 aromatic carbocycles. The summed E-state index contributed by atoms with van der Waals surface area (Å²) in [6, 6.07) is 11.4. The fourth-order valence-electron chi connectivity index (χ4n) is 4.54. The SMILES string of the molecule is O=C(O)c1cccnc1C=Cc1nc(C=Cc2ncccc2C(=O)O)c(C=Cc2ncccc2C(=O)O)nc1C=Cc1ncccc1C(=O)O. The molecule has 5 aromatic rings. The molecule has 0 bridgehead atoms. The average molecular weight is 669 g/mol. The van der Waals surface area contributed by atoms with Gasteiger partial charge in [-0.1, -0.05) is 0 Å². The number of hydrogen-bond acceptors (Lipinski definition) is 10. The molecule has 0 unspecified atom stereocenters. The van der Waals surface area contributed by atoms with E-state index >= 15 is 0 Å². The fraction of sp³-hybridized carbons (Fsp3) is 0. The van der Waals surface area contributed by atoms with Crippen LogP contribution >= 0.6 is 0 Å². The van der Waals surface area contributed by atoms with Crippen LogP contribution in [0.2, 0.25) is 0 Å². The zero-order chi connectivity index (χ0) is 35.6. The number of hydrogen-bond donors (Lipinski definition) is 4. The quantitative estimate of drug-likeness (QED) is 0.128. The highest BCUT2D eigenvalue weighted by Gasteiger charge is 2.14. The molecule has 0 aliphatic rings. The Kier molecular flexibility index (Phi) is 10.4. The Morgan fingerprint density at radius 1 is 0.360 bits per heavy atom. The van der Waals surface area contributed by atoms with Gasteiger partial charge in [0.05, 0.1) is 67.8 Å². The minimum Gasteiger partial charge on any atom is -0.478 e. The van der Waals surface area contributed by atoms with Gasteiger partial charge in [0.25, 0.3) is 0 Å². The van der Waals surface area contributed by atoms with Crippen molar-refractivity contribution in [1.29, 1.82) is 0 Å². The second kappa shape index (κ2) is 15.4. The maximum atomic E-state index is 11.8. The molecule has 246 valence electrons. The van der Waals surface area contributed by atoms with Gasteiger partial charge in [0.2, 0.25) is 0 Å². The van der Waals surface area contributed by atoms with Gasteiger partial charge in [-0.2, -0.15) is 0 Å². The molecule has 50 heavy (non-hydrogen) atoms. The summed E-state index contributed by atoms with van der Waals surface area (Å²) in [5.41, 5.74) is 0.878. The monoisotopic (exact) mass is 668 g/mol. The molecule has 0 spiro atoms. The third kappa shape index (κ3) is 8.08. The van der Waals surface area contributed by atoms with E-state index in [2.05, 4.69) is 19.9 Å². The highest BCUT2D eigenvalue weighted by Crippen LogP contribution is 2.22. The minimum absolute atomic E-state index is 0.0750. The minimum atomic E-state index is -1.20. The van der Waals surface area contributed by atoms with Gasteiger partial charge in [0.15, 0.2) is 0 Å². The summed E-state index contributed by atoms with van der Waals surface area (Å²) in [6.07, 6.45) is 17.2. The molecule has 0 fully saturated rings. The molecule has 0 aliphatic heterocycles. The van der Waals surface area contributed by atoms with Crippen LogP contribution in [0.1, 0.15) is 87.0 Å². The molecular weight excluding hydrogens is 644 g/mol. The average Bonchev–Trinajstić information content (AvgIpc) is 3.12. The van der Waals surface area contributed by atoms with E-state index in [0.717, 1.165) is 0 Å². The molecule has 5 rings (SSSR count). The van der Waals surface area contributed by atoms with Crippen molar-refractivity contribution in [2.45, 2.75) is 0 Å². The Morgan fingerprint density at radius 3 is 0.760 bits per heavy atom. The van der Waals surface area contributed by atoms with Crippen LogP contribution in [0.5, 0.6) is 0 Å². The number of carboxylic acid groups (broad SMARTS) is 4. The second-order valence-electron chi connectivity index (χ2n) is 10.1. The van der Waals surface area contributed by atoms with Crippen LogP contribution in [-0.2, 0) is 0 Å². The van der Waals surface area contributed by atoms with Crippen LogP contribution in [0, 0.1) is 0 Å².